The maximum absolute atomic E-state index is 6.53. The maximum Gasteiger partial charge on any atom is 0.0577 e. The van der Waals surface area contributed by atoms with Crippen molar-refractivity contribution in [2.75, 3.05) is 6.26 Å². The molecule has 0 aliphatic carbocycles. The molecule has 0 radical (unpaired) electrons. The van der Waals surface area contributed by atoms with Crippen LogP contribution in [0.3, 0.4) is 0 Å². The molecule has 3 rings (SSSR count). The van der Waals surface area contributed by atoms with Gasteiger partial charge in [0.25, 0.3) is 0 Å². The van der Waals surface area contributed by atoms with E-state index in [4.69, 9.17) is 5.73 Å². The highest BCUT2D eigenvalue weighted by Crippen LogP contribution is 2.38. The van der Waals surface area contributed by atoms with Crippen molar-refractivity contribution in [3.63, 3.8) is 0 Å². The summed E-state index contributed by atoms with van der Waals surface area (Å²) in [6.07, 6.45) is 2.09. The normalized spacial score (nSPS) is 12.8. The second-order valence-corrected chi connectivity index (χ2v) is 7.11. The van der Waals surface area contributed by atoms with Crippen molar-refractivity contribution in [3.8, 4) is 0 Å². The van der Waals surface area contributed by atoms with Crippen LogP contribution in [0.15, 0.2) is 57.2 Å². The van der Waals surface area contributed by atoms with Crippen molar-refractivity contribution in [1.82, 2.24) is 0 Å². The Balaban J connectivity index is 2.13. The van der Waals surface area contributed by atoms with Gasteiger partial charge in [-0.25, -0.2) is 0 Å². The van der Waals surface area contributed by atoms with Gasteiger partial charge >= 0.3 is 0 Å². The van der Waals surface area contributed by atoms with E-state index in [2.05, 4.69) is 70.0 Å². The number of thiophene rings is 1. The minimum Gasteiger partial charge on any atom is -0.320 e. The molecule has 0 saturated heterocycles. The number of nitrogens with two attached hydrogens (primary N) is 1. The Morgan fingerprint density at radius 2 is 1.90 bits per heavy atom. The molecule has 0 aliphatic heterocycles. The van der Waals surface area contributed by atoms with Gasteiger partial charge in [-0.3, -0.25) is 0 Å². The highest BCUT2D eigenvalue weighted by molar-refractivity contribution is 9.10. The second-order valence-electron chi connectivity index (χ2n) is 4.53. The lowest BCUT2D eigenvalue weighted by Crippen LogP contribution is -2.12. The summed E-state index contributed by atoms with van der Waals surface area (Å²) < 4.78 is 2.40. The maximum atomic E-state index is 6.53. The van der Waals surface area contributed by atoms with Crippen molar-refractivity contribution in [3.05, 3.63) is 63.4 Å². The summed E-state index contributed by atoms with van der Waals surface area (Å²) in [5.74, 6) is 0. The zero-order chi connectivity index (χ0) is 14.1. The molecular formula is C16H14BrNS2. The topological polar surface area (TPSA) is 26.0 Å². The number of thioether (sulfide) groups is 1. The monoisotopic (exact) mass is 363 g/mol. The van der Waals surface area contributed by atoms with Gasteiger partial charge in [-0.2, -0.15) is 0 Å². The van der Waals surface area contributed by atoms with Gasteiger partial charge in [0, 0.05) is 14.1 Å². The third-order valence-electron chi connectivity index (χ3n) is 3.39. The zero-order valence-corrected chi connectivity index (χ0v) is 14.2. The van der Waals surface area contributed by atoms with E-state index in [9.17, 15) is 0 Å². The van der Waals surface area contributed by atoms with Crippen molar-refractivity contribution in [2.45, 2.75) is 10.9 Å². The molecule has 1 nitrogen and oxygen atoms in total. The van der Waals surface area contributed by atoms with Gasteiger partial charge in [0.1, 0.15) is 0 Å². The first-order chi connectivity index (χ1) is 9.72. The van der Waals surface area contributed by atoms with Crippen molar-refractivity contribution in [1.29, 1.82) is 0 Å². The Labute approximate surface area is 135 Å². The SMILES string of the molecule is CSc1ccccc1C(N)c1csc2c(Br)cccc12. The summed E-state index contributed by atoms with van der Waals surface area (Å²) >= 11 is 7.10. The molecule has 4 heteroatoms. The molecule has 0 fully saturated rings. The van der Waals surface area contributed by atoms with Crippen LogP contribution in [0.25, 0.3) is 10.1 Å². The molecule has 3 aromatic rings. The first-order valence-corrected chi connectivity index (χ1v) is 9.16. The van der Waals surface area contributed by atoms with E-state index in [0.717, 1.165) is 4.47 Å². The smallest absolute Gasteiger partial charge is 0.0577 e. The minimum atomic E-state index is -0.0818. The summed E-state index contributed by atoms with van der Waals surface area (Å²) in [5, 5.41) is 3.42. The summed E-state index contributed by atoms with van der Waals surface area (Å²) in [5.41, 5.74) is 8.93. The molecule has 0 saturated carbocycles. The van der Waals surface area contributed by atoms with E-state index >= 15 is 0 Å². The number of benzene rings is 2. The lowest BCUT2D eigenvalue weighted by Gasteiger charge is -2.15. The Bertz CT molecular complexity index is 751. The molecule has 2 N–H and O–H groups in total. The molecule has 1 atom stereocenters. The number of rotatable bonds is 3. The molecule has 0 aliphatic rings. The highest BCUT2D eigenvalue weighted by Gasteiger charge is 2.17. The van der Waals surface area contributed by atoms with Crippen LogP contribution in [0.4, 0.5) is 0 Å². The Morgan fingerprint density at radius 1 is 1.10 bits per heavy atom. The summed E-state index contributed by atoms with van der Waals surface area (Å²) in [6.45, 7) is 0. The molecule has 1 unspecified atom stereocenters. The predicted octanol–water partition coefficient (Wildman–Crippen LogP) is 5.43. The first kappa shape index (κ1) is 14.1. The first-order valence-electron chi connectivity index (χ1n) is 6.26. The van der Waals surface area contributed by atoms with Crippen LogP contribution in [0, 0.1) is 0 Å². The largest absolute Gasteiger partial charge is 0.320 e. The van der Waals surface area contributed by atoms with Gasteiger partial charge in [0.15, 0.2) is 0 Å². The lowest BCUT2D eigenvalue weighted by atomic mass is 9.99. The number of hydrogen-bond donors (Lipinski definition) is 1. The van der Waals surface area contributed by atoms with Crippen LogP contribution in [-0.2, 0) is 0 Å². The van der Waals surface area contributed by atoms with Gasteiger partial charge in [-0.15, -0.1) is 23.1 Å². The van der Waals surface area contributed by atoms with E-state index < -0.39 is 0 Å². The van der Waals surface area contributed by atoms with E-state index in [-0.39, 0.29) is 6.04 Å². The predicted molar refractivity (Wildman–Crippen MR) is 93.8 cm³/mol. The molecule has 1 aromatic heterocycles. The van der Waals surface area contributed by atoms with E-state index in [0.29, 0.717) is 0 Å². The Morgan fingerprint density at radius 3 is 2.70 bits per heavy atom. The quantitative estimate of drug-likeness (QED) is 0.627. The fraction of sp³-hybridized carbons (Fsp3) is 0.125. The zero-order valence-electron chi connectivity index (χ0n) is 11.0. The average Bonchev–Trinajstić information content (AvgIpc) is 2.92. The fourth-order valence-corrected chi connectivity index (χ4v) is 4.68. The van der Waals surface area contributed by atoms with Crippen LogP contribution in [0.5, 0.6) is 0 Å². The van der Waals surface area contributed by atoms with Crippen LogP contribution < -0.4 is 5.73 Å². The molecule has 20 heavy (non-hydrogen) atoms. The number of hydrogen-bond acceptors (Lipinski definition) is 3. The van der Waals surface area contributed by atoms with Crippen molar-refractivity contribution in [2.24, 2.45) is 5.73 Å². The third-order valence-corrected chi connectivity index (χ3v) is 6.17. The molecule has 0 bridgehead atoms. The Kier molecular flexibility index (Phi) is 4.17. The van der Waals surface area contributed by atoms with Crippen LogP contribution >= 0.6 is 39.0 Å². The minimum absolute atomic E-state index is 0.0818. The van der Waals surface area contributed by atoms with E-state index in [1.165, 1.54) is 26.1 Å². The lowest BCUT2D eigenvalue weighted by molar-refractivity contribution is 0.860. The standard InChI is InChI=1S/C16H14BrNS2/c1-19-14-8-3-2-5-11(14)15(18)12-9-20-16-10(12)6-4-7-13(16)17/h2-9,15H,18H2,1H3. The highest BCUT2D eigenvalue weighted by atomic mass is 79.9. The van der Waals surface area contributed by atoms with E-state index in [1.807, 2.05) is 0 Å². The van der Waals surface area contributed by atoms with Crippen LogP contribution in [0.1, 0.15) is 17.2 Å². The molecule has 1 heterocycles. The average molecular weight is 364 g/mol. The van der Waals surface area contributed by atoms with Gasteiger partial charge in [0.05, 0.1) is 6.04 Å². The van der Waals surface area contributed by atoms with Gasteiger partial charge in [0.2, 0.25) is 0 Å². The molecule has 0 spiro atoms. The second kappa shape index (κ2) is 5.90. The molecule has 102 valence electrons. The summed E-state index contributed by atoms with van der Waals surface area (Å²) in [7, 11) is 0. The third kappa shape index (κ3) is 2.42. The van der Waals surface area contributed by atoms with E-state index in [1.54, 1.807) is 23.1 Å². The Hall–Kier alpha value is -0.810. The van der Waals surface area contributed by atoms with Gasteiger partial charge in [-0.05, 0) is 56.2 Å². The summed E-state index contributed by atoms with van der Waals surface area (Å²) in [6, 6.07) is 14.6. The van der Waals surface area contributed by atoms with Crippen molar-refractivity contribution < 1.29 is 0 Å². The number of fused-ring (bicyclic) bond motifs is 1. The van der Waals surface area contributed by atoms with Crippen molar-refractivity contribution >= 4 is 49.1 Å². The molecular weight excluding hydrogens is 350 g/mol. The van der Waals surface area contributed by atoms with Gasteiger partial charge in [-0.1, -0.05) is 30.3 Å². The van der Waals surface area contributed by atoms with Gasteiger partial charge < -0.3 is 5.73 Å². The summed E-state index contributed by atoms with van der Waals surface area (Å²) in [4.78, 5) is 1.24. The molecule has 0 amide bonds. The molecule has 2 aromatic carbocycles. The van der Waals surface area contributed by atoms with Crippen LogP contribution in [-0.4, -0.2) is 6.26 Å². The fourth-order valence-electron chi connectivity index (χ4n) is 2.37. The van der Waals surface area contributed by atoms with Crippen LogP contribution in [0.2, 0.25) is 0 Å². The number of halogens is 1.